The molecule has 1 atom stereocenters. The SMILES string of the molecule is C[C@@H]1CCCCN1C(=O)CN1CCN(C(=O)C2CCCCC2)CC1. The molecule has 0 aromatic heterocycles. The van der Waals surface area contributed by atoms with Crippen molar-refractivity contribution in [3.63, 3.8) is 0 Å². The Balaban J connectivity index is 1.43. The second kappa shape index (κ2) is 8.32. The summed E-state index contributed by atoms with van der Waals surface area (Å²) >= 11 is 0. The van der Waals surface area contributed by atoms with Crippen LogP contribution >= 0.6 is 0 Å². The maximum absolute atomic E-state index is 12.6. The van der Waals surface area contributed by atoms with Crippen LogP contribution in [0.25, 0.3) is 0 Å². The van der Waals surface area contributed by atoms with Crippen LogP contribution in [0.5, 0.6) is 0 Å². The predicted octanol–water partition coefficient (Wildman–Crippen LogP) is 2.11. The molecule has 5 heteroatoms. The van der Waals surface area contributed by atoms with Crippen LogP contribution in [-0.4, -0.2) is 71.8 Å². The zero-order valence-electron chi connectivity index (χ0n) is 15.2. The molecule has 0 bridgehead atoms. The first-order valence-electron chi connectivity index (χ1n) is 9.96. The molecule has 2 aliphatic heterocycles. The third-order valence-electron chi connectivity index (χ3n) is 6.12. The molecule has 2 saturated heterocycles. The fraction of sp³-hybridized carbons (Fsp3) is 0.895. The minimum Gasteiger partial charge on any atom is -0.340 e. The molecular weight excluding hydrogens is 302 g/mol. The summed E-state index contributed by atoms with van der Waals surface area (Å²) in [7, 11) is 0. The quantitative estimate of drug-likeness (QED) is 0.793. The van der Waals surface area contributed by atoms with Crippen molar-refractivity contribution in [1.29, 1.82) is 0 Å². The van der Waals surface area contributed by atoms with Crippen molar-refractivity contribution in [2.45, 2.75) is 64.3 Å². The number of amides is 2. The molecule has 136 valence electrons. The molecule has 3 aliphatic rings. The van der Waals surface area contributed by atoms with Crippen molar-refractivity contribution in [3.05, 3.63) is 0 Å². The van der Waals surface area contributed by atoms with Crippen molar-refractivity contribution in [2.24, 2.45) is 5.92 Å². The van der Waals surface area contributed by atoms with Gasteiger partial charge in [0.2, 0.25) is 11.8 Å². The molecule has 2 amide bonds. The van der Waals surface area contributed by atoms with Crippen LogP contribution in [0, 0.1) is 5.92 Å². The molecule has 0 aromatic carbocycles. The van der Waals surface area contributed by atoms with E-state index < -0.39 is 0 Å². The van der Waals surface area contributed by atoms with Gasteiger partial charge in [-0.25, -0.2) is 0 Å². The fourth-order valence-electron chi connectivity index (χ4n) is 4.48. The molecule has 2 heterocycles. The average molecular weight is 335 g/mol. The Kier molecular flexibility index (Phi) is 6.14. The number of hydrogen-bond acceptors (Lipinski definition) is 3. The lowest BCUT2D eigenvalue weighted by atomic mass is 9.88. The van der Waals surface area contributed by atoms with Gasteiger partial charge in [0.25, 0.3) is 0 Å². The monoisotopic (exact) mass is 335 g/mol. The van der Waals surface area contributed by atoms with Gasteiger partial charge < -0.3 is 9.80 Å². The van der Waals surface area contributed by atoms with Crippen LogP contribution in [0.3, 0.4) is 0 Å². The summed E-state index contributed by atoms with van der Waals surface area (Å²) in [6, 6.07) is 0.389. The van der Waals surface area contributed by atoms with Crippen LogP contribution in [0.1, 0.15) is 58.3 Å². The molecule has 1 saturated carbocycles. The van der Waals surface area contributed by atoms with E-state index in [9.17, 15) is 9.59 Å². The normalized spacial score (nSPS) is 27.3. The summed E-state index contributed by atoms with van der Waals surface area (Å²) in [5.74, 6) is 0.903. The average Bonchev–Trinajstić information content (AvgIpc) is 2.63. The number of hydrogen-bond donors (Lipinski definition) is 0. The van der Waals surface area contributed by atoms with E-state index in [1.54, 1.807) is 0 Å². The van der Waals surface area contributed by atoms with E-state index >= 15 is 0 Å². The van der Waals surface area contributed by atoms with Gasteiger partial charge in [0.1, 0.15) is 0 Å². The summed E-state index contributed by atoms with van der Waals surface area (Å²) in [6.45, 7) is 6.86. The molecule has 0 unspecified atom stereocenters. The maximum atomic E-state index is 12.6. The van der Waals surface area contributed by atoms with Crippen molar-refractivity contribution in [1.82, 2.24) is 14.7 Å². The summed E-state index contributed by atoms with van der Waals surface area (Å²) in [5.41, 5.74) is 0. The zero-order chi connectivity index (χ0) is 16.9. The molecule has 0 N–H and O–H groups in total. The highest BCUT2D eigenvalue weighted by molar-refractivity contribution is 5.80. The third-order valence-corrected chi connectivity index (χ3v) is 6.12. The highest BCUT2D eigenvalue weighted by Gasteiger charge is 2.30. The van der Waals surface area contributed by atoms with Gasteiger partial charge >= 0.3 is 0 Å². The molecule has 0 aromatic rings. The Morgan fingerprint density at radius 1 is 0.833 bits per heavy atom. The first kappa shape index (κ1) is 17.7. The van der Waals surface area contributed by atoms with Gasteiger partial charge in [-0.15, -0.1) is 0 Å². The Morgan fingerprint density at radius 3 is 2.17 bits per heavy atom. The van der Waals surface area contributed by atoms with Gasteiger partial charge in [-0.05, 0) is 39.0 Å². The smallest absolute Gasteiger partial charge is 0.236 e. The van der Waals surface area contributed by atoms with E-state index in [1.807, 2.05) is 4.90 Å². The number of piperazine rings is 1. The van der Waals surface area contributed by atoms with Gasteiger partial charge in [-0.3, -0.25) is 14.5 Å². The second-order valence-electron chi connectivity index (χ2n) is 7.87. The van der Waals surface area contributed by atoms with Crippen molar-refractivity contribution in [3.8, 4) is 0 Å². The number of likely N-dealkylation sites (tertiary alicyclic amines) is 1. The second-order valence-corrected chi connectivity index (χ2v) is 7.87. The standard InChI is InChI=1S/C19H33N3O2/c1-16-7-5-6-10-22(16)18(23)15-20-11-13-21(14-12-20)19(24)17-8-3-2-4-9-17/h16-17H,2-15H2,1H3/t16-/m1/s1. The first-order chi connectivity index (χ1) is 11.6. The number of nitrogens with zero attached hydrogens (tertiary/aromatic N) is 3. The van der Waals surface area contributed by atoms with Crippen LogP contribution in [-0.2, 0) is 9.59 Å². The highest BCUT2D eigenvalue weighted by Crippen LogP contribution is 2.26. The van der Waals surface area contributed by atoms with Gasteiger partial charge in [0, 0.05) is 44.7 Å². The van der Waals surface area contributed by atoms with E-state index in [2.05, 4.69) is 16.7 Å². The lowest BCUT2D eigenvalue weighted by molar-refractivity contribution is -0.139. The summed E-state index contributed by atoms with van der Waals surface area (Å²) in [4.78, 5) is 31.5. The maximum Gasteiger partial charge on any atom is 0.236 e. The summed E-state index contributed by atoms with van der Waals surface area (Å²) < 4.78 is 0. The predicted molar refractivity (Wildman–Crippen MR) is 94.6 cm³/mol. The molecule has 3 fully saturated rings. The molecule has 0 radical (unpaired) electrons. The minimum atomic E-state index is 0.265. The van der Waals surface area contributed by atoms with E-state index in [0.29, 0.717) is 18.5 Å². The van der Waals surface area contributed by atoms with Crippen LogP contribution in [0.15, 0.2) is 0 Å². The van der Waals surface area contributed by atoms with Crippen LogP contribution in [0.2, 0.25) is 0 Å². The van der Waals surface area contributed by atoms with Gasteiger partial charge in [0.15, 0.2) is 0 Å². The largest absolute Gasteiger partial charge is 0.340 e. The zero-order valence-corrected chi connectivity index (χ0v) is 15.2. The topological polar surface area (TPSA) is 43.9 Å². The Morgan fingerprint density at radius 2 is 1.50 bits per heavy atom. The minimum absolute atomic E-state index is 0.265. The molecule has 24 heavy (non-hydrogen) atoms. The third kappa shape index (κ3) is 4.29. The summed E-state index contributed by atoms with van der Waals surface area (Å²) in [6.07, 6.45) is 9.36. The molecule has 1 aliphatic carbocycles. The number of carbonyl (C=O) groups excluding carboxylic acids is 2. The highest BCUT2D eigenvalue weighted by atomic mass is 16.2. The first-order valence-corrected chi connectivity index (χ1v) is 9.96. The van der Waals surface area contributed by atoms with Crippen LogP contribution < -0.4 is 0 Å². The van der Waals surface area contributed by atoms with Gasteiger partial charge in [-0.2, -0.15) is 0 Å². The Hall–Kier alpha value is -1.10. The summed E-state index contributed by atoms with van der Waals surface area (Å²) in [5, 5.41) is 0. The molecule has 0 spiro atoms. The van der Waals surface area contributed by atoms with Gasteiger partial charge in [-0.1, -0.05) is 19.3 Å². The lowest BCUT2D eigenvalue weighted by Crippen LogP contribution is -2.54. The molecule has 3 rings (SSSR count). The Labute approximate surface area is 146 Å². The number of rotatable bonds is 3. The van der Waals surface area contributed by atoms with E-state index in [4.69, 9.17) is 0 Å². The Bertz CT molecular complexity index is 440. The van der Waals surface area contributed by atoms with Crippen molar-refractivity contribution < 1.29 is 9.59 Å². The van der Waals surface area contributed by atoms with E-state index in [-0.39, 0.29) is 11.8 Å². The van der Waals surface area contributed by atoms with Gasteiger partial charge in [0.05, 0.1) is 6.54 Å². The molecular formula is C19H33N3O2. The lowest BCUT2D eigenvalue weighted by Gasteiger charge is -2.39. The van der Waals surface area contributed by atoms with Crippen LogP contribution in [0.4, 0.5) is 0 Å². The van der Waals surface area contributed by atoms with E-state index in [0.717, 1.165) is 58.4 Å². The number of carbonyl (C=O) groups is 2. The number of piperidine rings is 1. The van der Waals surface area contributed by atoms with Crippen molar-refractivity contribution in [2.75, 3.05) is 39.3 Å². The van der Waals surface area contributed by atoms with Crippen molar-refractivity contribution >= 4 is 11.8 Å². The molecule has 5 nitrogen and oxygen atoms in total. The van der Waals surface area contributed by atoms with E-state index in [1.165, 1.54) is 25.7 Å². The fourth-order valence-corrected chi connectivity index (χ4v) is 4.48.